The zero-order valence-corrected chi connectivity index (χ0v) is 20.4. The van der Waals surface area contributed by atoms with Crippen LogP contribution >= 0.6 is 0 Å². The van der Waals surface area contributed by atoms with Crippen molar-refractivity contribution in [3.63, 3.8) is 0 Å². The second kappa shape index (κ2) is 10.9. The molecule has 0 aliphatic heterocycles. The highest BCUT2D eigenvalue weighted by atomic mass is 14.9. The highest BCUT2D eigenvalue weighted by Gasteiger charge is 2.30. The highest BCUT2D eigenvalue weighted by Crippen LogP contribution is 2.43. The lowest BCUT2D eigenvalue weighted by Crippen LogP contribution is -2.32. The van der Waals surface area contributed by atoms with Crippen LogP contribution in [0.25, 0.3) is 10.9 Å². The maximum Gasteiger partial charge on any atom is 0.0480 e. The Bertz CT molecular complexity index is 984. The molecule has 3 nitrogen and oxygen atoms in total. The summed E-state index contributed by atoms with van der Waals surface area (Å²) in [5.41, 5.74) is 4.10. The van der Waals surface area contributed by atoms with Gasteiger partial charge in [0.05, 0.1) is 0 Å². The second-order valence-electron chi connectivity index (χ2n) is 10.7. The van der Waals surface area contributed by atoms with Crippen molar-refractivity contribution >= 4 is 10.9 Å². The van der Waals surface area contributed by atoms with Gasteiger partial charge in [-0.15, -0.1) is 0 Å². The predicted octanol–water partition coefficient (Wildman–Crippen LogP) is 7.21. The Hall–Kier alpha value is -2.13. The van der Waals surface area contributed by atoms with Gasteiger partial charge in [-0.1, -0.05) is 63.1 Å². The number of rotatable bonds is 6. The smallest absolute Gasteiger partial charge is 0.0480 e. The summed E-state index contributed by atoms with van der Waals surface area (Å²) < 4.78 is 2.26. The minimum Gasteiger partial charge on any atom is -0.350 e. The lowest BCUT2D eigenvalue weighted by atomic mass is 9.88. The number of aryl methyl sites for hydroxylation is 1. The molecule has 0 amide bonds. The van der Waals surface area contributed by atoms with E-state index >= 15 is 0 Å². The fraction of sp³-hybridized carbons (Fsp3) is 0.567. The molecule has 0 saturated heterocycles. The lowest BCUT2D eigenvalue weighted by molar-refractivity contribution is 0.370. The Morgan fingerprint density at radius 1 is 0.909 bits per heavy atom. The monoisotopic (exact) mass is 443 g/mol. The van der Waals surface area contributed by atoms with Crippen molar-refractivity contribution in [3.8, 4) is 0 Å². The standard InChI is InChI=1S/C23H29N3.C7H12/c1-26-17-22(21-9-5-6-10-23(21)26)20(18-11-14-24-15-12-18)13-16-25-19-7-3-2-4-8-19;1-2-7-4-3-6(1)5-7/h5-6,9-12,14-15,17,19-20,25H,2-4,7-8,13,16H2,1H3;6-7H,1-5H2. The summed E-state index contributed by atoms with van der Waals surface area (Å²) in [6.45, 7) is 1.07. The number of aromatic nitrogens is 2. The van der Waals surface area contributed by atoms with E-state index in [4.69, 9.17) is 0 Å². The lowest BCUT2D eigenvalue weighted by Gasteiger charge is -2.24. The highest BCUT2D eigenvalue weighted by molar-refractivity contribution is 5.85. The van der Waals surface area contributed by atoms with E-state index < -0.39 is 0 Å². The SMILES string of the molecule is C1CC2CCC1C2.Cn1cc(C(CCNC2CCCCC2)c2ccncc2)c2ccccc21. The fourth-order valence-electron chi connectivity index (χ4n) is 6.66. The van der Waals surface area contributed by atoms with Crippen LogP contribution in [0.5, 0.6) is 0 Å². The molecular formula is C30H41N3. The van der Waals surface area contributed by atoms with Crippen molar-refractivity contribution in [2.75, 3.05) is 6.54 Å². The molecule has 3 aliphatic carbocycles. The molecule has 176 valence electrons. The van der Waals surface area contributed by atoms with Gasteiger partial charge in [-0.05, 0) is 73.4 Å². The average Bonchev–Trinajstić information content (AvgIpc) is 3.61. The van der Waals surface area contributed by atoms with Crippen LogP contribution in [0.4, 0.5) is 0 Å². The van der Waals surface area contributed by atoms with Crippen molar-refractivity contribution in [3.05, 3.63) is 66.1 Å². The molecule has 1 atom stereocenters. The number of para-hydroxylation sites is 1. The number of pyridine rings is 1. The normalized spacial score (nSPS) is 23.4. The third-order valence-electron chi connectivity index (χ3n) is 8.52. The number of nitrogens with zero attached hydrogens (tertiary/aromatic N) is 2. The summed E-state index contributed by atoms with van der Waals surface area (Å²) in [5.74, 6) is 2.75. The van der Waals surface area contributed by atoms with Gasteiger partial charge in [0.15, 0.2) is 0 Å². The van der Waals surface area contributed by atoms with E-state index in [0.717, 1.165) is 13.0 Å². The Balaban J connectivity index is 0.000000274. The molecule has 3 heteroatoms. The van der Waals surface area contributed by atoms with Gasteiger partial charge in [0.2, 0.25) is 0 Å². The summed E-state index contributed by atoms with van der Waals surface area (Å²) in [7, 11) is 2.15. The predicted molar refractivity (Wildman–Crippen MR) is 139 cm³/mol. The van der Waals surface area contributed by atoms with Crippen LogP contribution in [0.1, 0.15) is 87.7 Å². The first kappa shape index (κ1) is 22.7. The topological polar surface area (TPSA) is 29.9 Å². The molecule has 3 aliphatic rings. The van der Waals surface area contributed by atoms with E-state index in [2.05, 4.69) is 64.5 Å². The molecule has 2 aromatic heterocycles. The van der Waals surface area contributed by atoms with E-state index in [-0.39, 0.29) is 0 Å². The number of hydrogen-bond acceptors (Lipinski definition) is 2. The third kappa shape index (κ3) is 5.51. The zero-order valence-electron chi connectivity index (χ0n) is 20.4. The zero-order chi connectivity index (χ0) is 22.5. The third-order valence-corrected chi connectivity index (χ3v) is 8.52. The van der Waals surface area contributed by atoms with Gasteiger partial charge in [-0.25, -0.2) is 0 Å². The average molecular weight is 444 g/mol. The van der Waals surface area contributed by atoms with Gasteiger partial charge in [0.1, 0.15) is 0 Å². The molecule has 2 heterocycles. The summed E-state index contributed by atoms with van der Waals surface area (Å²) >= 11 is 0. The van der Waals surface area contributed by atoms with Crippen molar-refractivity contribution in [2.45, 2.75) is 82.6 Å². The molecule has 3 fully saturated rings. The Kier molecular flexibility index (Phi) is 7.46. The number of hydrogen-bond donors (Lipinski definition) is 1. The van der Waals surface area contributed by atoms with Crippen LogP contribution in [0.15, 0.2) is 55.0 Å². The van der Waals surface area contributed by atoms with Crippen molar-refractivity contribution in [1.82, 2.24) is 14.9 Å². The van der Waals surface area contributed by atoms with Gasteiger partial charge < -0.3 is 9.88 Å². The molecular weight excluding hydrogens is 402 g/mol. The van der Waals surface area contributed by atoms with Crippen molar-refractivity contribution in [1.29, 1.82) is 0 Å². The van der Waals surface area contributed by atoms with E-state index in [0.29, 0.717) is 12.0 Å². The molecule has 1 aromatic carbocycles. The van der Waals surface area contributed by atoms with E-state index in [1.165, 1.54) is 66.0 Å². The quantitative estimate of drug-likeness (QED) is 0.436. The maximum atomic E-state index is 4.22. The molecule has 0 radical (unpaired) electrons. The van der Waals surface area contributed by atoms with Crippen LogP contribution in [0.2, 0.25) is 0 Å². The van der Waals surface area contributed by atoms with Gasteiger partial charge >= 0.3 is 0 Å². The van der Waals surface area contributed by atoms with Gasteiger partial charge in [-0.2, -0.15) is 0 Å². The van der Waals surface area contributed by atoms with Gasteiger partial charge in [0, 0.05) is 48.5 Å². The van der Waals surface area contributed by atoms with Crippen molar-refractivity contribution < 1.29 is 0 Å². The van der Waals surface area contributed by atoms with Crippen LogP contribution in [-0.2, 0) is 7.05 Å². The van der Waals surface area contributed by atoms with Gasteiger partial charge in [0.25, 0.3) is 0 Å². The van der Waals surface area contributed by atoms with Crippen LogP contribution < -0.4 is 5.32 Å². The molecule has 33 heavy (non-hydrogen) atoms. The Labute approximate surface area is 200 Å². The van der Waals surface area contributed by atoms with Crippen molar-refractivity contribution in [2.24, 2.45) is 18.9 Å². The first-order chi connectivity index (χ1) is 16.3. The molecule has 3 saturated carbocycles. The van der Waals surface area contributed by atoms with Crippen LogP contribution in [0.3, 0.4) is 0 Å². The Morgan fingerprint density at radius 3 is 2.27 bits per heavy atom. The minimum absolute atomic E-state index is 0.403. The first-order valence-corrected chi connectivity index (χ1v) is 13.4. The number of fused-ring (bicyclic) bond motifs is 3. The molecule has 6 rings (SSSR count). The summed E-state index contributed by atoms with van der Waals surface area (Å²) in [6, 6.07) is 13.8. The van der Waals surface area contributed by atoms with Crippen LogP contribution in [0, 0.1) is 11.8 Å². The molecule has 3 aromatic rings. The molecule has 0 spiro atoms. The van der Waals surface area contributed by atoms with E-state index in [9.17, 15) is 0 Å². The summed E-state index contributed by atoms with van der Waals surface area (Å²) in [4.78, 5) is 4.22. The second-order valence-corrected chi connectivity index (χ2v) is 10.7. The van der Waals surface area contributed by atoms with Crippen LogP contribution in [-0.4, -0.2) is 22.1 Å². The van der Waals surface area contributed by atoms with E-state index in [1.807, 2.05) is 12.4 Å². The number of nitrogens with one attached hydrogen (secondary N) is 1. The maximum absolute atomic E-state index is 4.22. The first-order valence-electron chi connectivity index (χ1n) is 13.4. The van der Waals surface area contributed by atoms with Gasteiger partial charge in [-0.3, -0.25) is 4.98 Å². The molecule has 1 unspecified atom stereocenters. The fourth-order valence-corrected chi connectivity index (χ4v) is 6.66. The number of benzene rings is 1. The minimum atomic E-state index is 0.403. The molecule has 2 bridgehead atoms. The summed E-state index contributed by atoms with van der Waals surface area (Å²) in [6.07, 6.45) is 22.0. The molecule has 1 N–H and O–H groups in total. The van der Waals surface area contributed by atoms with E-state index in [1.54, 1.807) is 32.1 Å². The largest absolute Gasteiger partial charge is 0.350 e. The Morgan fingerprint density at radius 2 is 1.61 bits per heavy atom. The summed E-state index contributed by atoms with van der Waals surface area (Å²) in [5, 5.41) is 5.19.